The molecule has 0 fully saturated rings. The summed E-state index contributed by atoms with van der Waals surface area (Å²) >= 11 is 0. The molecular formula is C22H20N4O. The zero-order chi connectivity index (χ0) is 18.5. The van der Waals surface area contributed by atoms with Gasteiger partial charge in [0.1, 0.15) is 12.4 Å². The molecule has 0 aliphatic rings. The third kappa shape index (κ3) is 3.82. The number of ether oxygens (including phenoxy) is 1. The van der Waals surface area contributed by atoms with Crippen molar-refractivity contribution >= 4 is 23.2 Å². The van der Waals surface area contributed by atoms with Crippen molar-refractivity contribution in [2.45, 2.75) is 6.61 Å². The van der Waals surface area contributed by atoms with Crippen LogP contribution in [0.2, 0.25) is 0 Å². The number of rotatable bonds is 6. The third-order valence-corrected chi connectivity index (χ3v) is 4.31. The lowest BCUT2D eigenvalue weighted by molar-refractivity contribution is 0.306. The molecule has 27 heavy (non-hydrogen) atoms. The van der Waals surface area contributed by atoms with Gasteiger partial charge in [-0.3, -0.25) is 0 Å². The second-order valence-corrected chi connectivity index (χ2v) is 6.17. The largest absolute Gasteiger partial charge is 0.488 e. The van der Waals surface area contributed by atoms with Gasteiger partial charge in [0.15, 0.2) is 0 Å². The average molecular weight is 356 g/mol. The lowest BCUT2D eigenvalue weighted by atomic mass is 10.2. The van der Waals surface area contributed by atoms with Crippen molar-refractivity contribution in [2.24, 2.45) is 12.1 Å². The van der Waals surface area contributed by atoms with E-state index in [1.54, 1.807) is 6.21 Å². The van der Waals surface area contributed by atoms with E-state index in [4.69, 9.17) is 4.74 Å². The molecule has 5 nitrogen and oxygen atoms in total. The van der Waals surface area contributed by atoms with E-state index in [0.29, 0.717) is 12.6 Å². The van der Waals surface area contributed by atoms with Crippen LogP contribution in [0.25, 0.3) is 11.0 Å². The van der Waals surface area contributed by atoms with Gasteiger partial charge in [-0.2, -0.15) is 5.10 Å². The lowest BCUT2D eigenvalue weighted by Gasteiger charge is -2.09. The molecule has 1 N–H and O–H groups in total. The fourth-order valence-electron chi connectivity index (χ4n) is 2.86. The Balaban J connectivity index is 1.48. The second kappa shape index (κ2) is 7.74. The molecule has 0 radical (unpaired) electrons. The van der Waals surface area contributed by atoms with Gasteiger partial charge in [-0.15, -0.1) is 0 Å². The predicted octanol–water partition coefficient (Wildman–Crippen LogP) is 4.60. The van der Waals surface area contributed by atoms with Crippen molar-refractivity contribution in [3.63, 3.8) is 0 Å². The molecule has 0 spiro atoms. The van der Waals surface area contributed by atoms with Gasteiger partial charge >= 0.3 is 0 Å². The minimum absolute atomic E-state index is 0.518. The van der Waals surface area contributed by atoms with Crippen molar-refractivity contribution in [2.75, 3.05) is 5.43 Å². The van der Waals surface area contributed by atoms with E-state index in [1.165, 1.54) is 0 Å². The molecule has 0 saturated heterocycles. The molecule has 134 valence electrons. The number of anilines is 1. The number of imidazole rings is 1. The van der Waals surface area contributed by atoms with Crippen LogP contribution in [0, 0.1) is 0 Å². The molecule has 0 saturated carbocycles. The topological polar surface area (TPSA) is 51.4 Å². The summed E-state index contributed by atoms with van der Waals surface area (Å²) in [5, 5.41) is 4.35. The van der Waals surface area contributed by atoms with Crippen molar-refractivity contribution in [1.29, 1.82) is 0 Å². The Morgan fingerprint density at radius 1 is 0.963 bits per heavy atom. The Hall–Kier alpha value is -3.60. The number of hydrogen-bond acceptors (Lipinski definition) is 4. The van der Waals surface area contributed by atoms with Gasteiger partial charge < -0.3 is 9.30 Å². The summed E-state index contributed by atoms with van der Waals surface area (Å²) < 4.78 is 7.93. The van der Waals surface area contributed by atoms with E-state index in [2.05, 4.69) is 15.5 Å². The number of para-hydroxylation sites is 3. The maximum Gasteiger partial charge on any atom is 0.224 e. The maximum absolute atomic E-state index is 5.96. The van der Waals surface area contributed by atoms with E-state index >= 15 is 0 Å². The first-order valence-electron chi connectivity index (χ1n) is 8.77. The predicted molar refractivity (Wildman–Crippen MR) is 109 cm³/mol. The van der Waals surface area contributed by atoms with Crippen LogP contribution in [0.5, 0.6) is 5.75 Å². The monoisotopic (exact) mass is 356 g/mol. The van der Waals surface area contributed by atoms with Crippen LogP contribution < -0.4 is 10.2 Å². The molecule has 0 atom stereocenters. The smallest absolute Gasteiger partial charge is 0.224 e. The van der Waals surface area contributed by atoms with Crippen molar-refractivity contribution < 1.29 is 4.74 Å². The zero-order valence-electron chi connectivity index (χ0n) is 15.0. The van der Waals surface area contributed by atoms with Crippen LogP contribution in [0.1, 0.15) is 11.1 Å². The minimum atomic E-state index is 0.518. The minimum Gasteiger partial charge on any atom is -0.488 e. The Morgan fingerprint density at radius 3 is 2.56 bits per heavy atom. The second-order valence-electron chi connectivity index (χ2n) is 6.17. The Bertz CT molecular complexity index is 1070. The number of aromatic nitrogens is 2. The molecular weight excluding hydrogens is 336 g/mol. The fraction of sp³-hybridized carbons (Fsp3) is 0.0909. The highest BCUT2D eigenvalue weighted by Gasteiger charge is 2.06. The maximum atomic E-state index is 5.96. The molecule has 0 unspecified atom stereocenters. The highest BCUT2D eigenvalue weighted by molar-refractivity contribution is 5.84. The summed E-state index contributed by atoms with van der Waals surface area (Å²) in [6, 6.07) is 25.9. The molecule has 5 heteroatoms. The normalized spacial score (nSPS) is 11.1. The first-order chi connectivity index (χ1) is 13.3. The first-order valence-corrected chi connectivity index (χ1v) is 8.77. The third-order valence-electron chi connectivity index (χ3n) is 4.31. The zero-order valence-corrected chi connectivity index (χ0v) is 15.0. The highest BCUT2D eigenvalue weighted by Crippen LogP contribution is 2.19. The quantitative estimate of drug-likeness (QED) is 0.406. The number of nitrogens with one attached hydrogen (secondary N) is 1. The van der Waals surface area contributed by atoms with Gasteiger partial charge in [0.25, 0.3) is 0 Å². The van der Waals surface area contributed by atoms with Crippen molar-refractivity contribution in [3.8, 4) is 5.75 Å². The summed E-state index contributed by atoms with van der Waals surface area (Å²) in [6.07, 6.45) is 1.75. The lowest BCUT2D eigenvalue weighted by Crippen LogP contribution is -2.01. The SMILES string of the molecule is Cn1c(N/N=C\c2ccccc2OCc2ccccc2)nc2ccccc21. The number of hydrogen-bond donors (Lipinski definition) is 1. The standard InChI is InChI=1S/C22H20N4O/c1-26-20-13-7-6-12-19(20)24-22(26)25-23-15-18-11-5-8-14-21(18)27-16-17-9-3-2-4-10-17/h2-15H,16H2,1H3,(H,24,25)/b23-15-. The van der Waals surface area contributed by atoms with Gasteiger partial charge in [-0.1, -0.05) is 54.6 Å². The van der Waals surface area contributed by atoms with Gasteiger partial charge in [0.2, 0.25) is 5.95 Å². The molecule has 4 aromatic rings. The van der Waals surface area contributed by atoms with E-state index in [9.17, 15) is 0 Å². The van der Waals surface area contributed by atoms with E-state index < -0.39 is 0 Å². The molecule has 4 rings (SSSR count). The van der Waals surface area contributed by atoms with Crippen LogP contribution >= 0.6 is 0 Å². The van der Waals surface area contributed by atoms with Crippen LogP contribution in [-0.2, 0) is 13.7 Å². The summed E-state index contributed by atoms with van der Waals surface area (Å²) in [7, 11) is 1.96. The summed E-state index contributed by atoms with van der Waals surface area (Å²) in [4.78, 5) is 4.55. The van der Waals surface area contributed by atoms with E-state index in [1.807, 2.05) is 90.5 Å². The fourth-order valence-corrected chi connectivity index (χ4v) is 2.86. The molecule has 0 aliphatic carbocycles. The highest BCUT2D eigenvalue weighted by atomic mass is 16.5. The van der Waals surface area contributed by atoms with E-state index in [0.717, 1.165) is 27.9 Å². The van der Waals surface area contributed by atoms with Crippen molar-refractivity contribution in [1.82, 2.24) is 9.55 Å². The average Bonchev–Trinajstić information content (AvgIpc) is 3.04. The number of fused-ring (bicyclic) bond motifs is 1. The molecule has 0 amide bonds. The van der Waals surface area contributed by atoms with Gasteiger partial charge in [0, 0.05) is 12.6 Å². The summed E-state index contributed by atoms with van der Waals surface area (Å²) in [5.74, 6) is 1.48. The molecule has 0 bridgehead atoms. The van der Waals surface area contributed by atoms with Crippen LogP contribution in [-0.4, -0.2) is 15.8 Å². The van der Waals surface area contributed by atoms with Gasteiger partial charge in [-0.05, 0) is 29.8 Å². The Kier molecular flexibility index (Phi) is 4.83. The van der Waals surface area contributed by atoms with Crippen LogP contribution in [0.4, 0.5) is 5.95 Å². The van der Waals surface area contributed by atoms with E-state index in [-0.39, 0.29) is 0 Å². The van der Waals surface area contributed by atoms with Gasteiger partial charge in [-0.25, -0.2) is 10.4 Å². The van der Waals surface area contributed by atoms with Crippen molar-refractivity contribution in [3.05, 3.63) is 90.0 Å². The molecule has 0 aliphatic heterocycles. The molecule has 3 aromatic carbocycles. The summed E-state index contributed by atoms with van der Waals surface area (Å²) in [6.45, 7) is 0.518. The number of benzene rings is 3. The Morgan fingerprint density at radius 2 is 1.70 bits per heavy atom. The van der Waals surface area contributed by atoms with Crippen LogP contribution in [0.15, 0.2) is 84.0 Å². The molecule has 1 aromatic heterocycles. The van der Waals surface area contributed by atoms with Crippen LogP contribution in [0.3, 0.4) is 0 Å². The first kappa shape index (κ1) is 16.8. The number of nitrogens with zero attached hydrogens (tertiary/aromatic N) is 3. The Labute approximate surface area is 157 Å². The summed E-state index contributed by atoms with van der Waals surface area (Å²) in [5.41, 5.74) is 7.04. The number of aryl methyl sites for hydroxylation is 1. The molecule has 1 heterocycles. The van der Waals surface area contributed by atoms with Gasteiger partial charge in [0.05, 0.1) is 17.2 Å². The number of hydrazone groups is 1.